The first kappa shape index (κ1) is 15.3. The van der Waals surface area contributed by atoms with Crippen LogP contribution in [0, 0.1) is 6.92 Å². The predicted molar refractivity (Wildman–Crippen MR) is 80.3 cm³/mol. The fourth-order valence-corrected chi connectivity index (χ4v) is 2.31. The number of aromatic carboxylic acids is 1. The Labute approximate surface area is 130 Å². The van der Waals surface area contributed by atoms with E-state index in [2.05, 4.69) is 10.3 Å². The molecule has 0 atom stereocenters. The van der Waals surface area contributed by atoms with Crippen LogP contribution in [0.25, 0.3) is 0 Å². The number of carboxylic acids is 1. The molecule has 1 amide bonds. The number of nitrogens with zero attached hydrogens (tertiary/aromatic N) is 1. The van der Waals surface area contributed by atoms with E-state index in [1.165, 1.54) is 18.3 Å². The van der Waals surface area contributed by atoms with Gasteiger partial charge >= 0.3 is 5.97 Å². The van der Waals surface area contributed by atoms with E-state index >= 15 is 0 Å². The molecule has 2 aromatic rings. The van der Waals surface area contributed by atoms with E-state index in [1.807, 2.05) is 0 Å². The molecule has 21 heavy (non-hydrogen) atoms. The standard InChI is InChI=1S/C14H10Cl2N2O3/c1-7-3-2-4-17-11(7)13(19)18-12-9(14(20)21)5-8(15)6-10(12)16/h2-6H,1H3,(H,18,19)(H,20,21). The molecule has 0 bridgehead atoms. The van der Waals surface area contributed by atoms with Crippen LogP contribution in [0.2, 0.25) is 10.0 Å². The summed E-state index contributed by atoms with van der Waals surface area (Å²) in [6.45, 7) is 1.73. The maximum Gasteiger partial charge on any atom is 0.337 e. The van der Waals surface area contributed by atoms with Crippen molar-refractivity contribution < 1.29 is 14.7 Å². The van der Waals surface area contributed by atoms with Gasteiger partial charge in [0.1, 0.15) is 5.69 Å². The zero-order chi connectivity index (χ0) is 15.6. The monoisotopic (exact) mass is 324 g/mol. The van der Waals surface area contributed by atoms with Gasteiger partial charge in [0.05, 0.1) is 16.3 Å². The van der Waals surface area contributed by atoms with Crippen LogP contribution in [-0.2, 0) is 0 Å². The van der Waals surface area contributed by atoms with Crippen molar-refractivity contribution in [2.24, 2.45) is 0 Å². The molecule has 1 aromatic carbocycles. The van der Waals surface area contributed by atoms with Crippen LogP contribution in [-0.4, -0.2) is 22.0 Å². The number of carboxylic acid groups (broad SMARTS) is 1. The topological polar surface area (TPSA) is 79.3 Å². The van der Waals surface area contributed by atoms with E-state index in [9.17, 15) is 9.59 Å². The van der Waals surface area contributed by atoms with Crippen molar-refractivity contribution in [1.82, 2.24) is 4.98 Å². The third-order valence-corrected chi connectivity index (χ3v) is 3.26. The fraction of sp³-hybridized carbons (Fsp3) is 0.0714. The molecule has 7 heteroatoms. The molecule has 1 aromatic heterocycles. The van der Waals surface area contributed by atoms with Crippen molar-refractivity contribution in [1.29, 1.82) is 0 Å². The van der Waals surface area contributed by atoms with Gasteiger partial charge < -0.3 is 10.4 Å². The number of aryl methyl sites for hydroxylation is 1. The second-order valence-electron chi connectivity index (χ2n) is 4.24. The predicted octanol–water partition coefficient (Wildman–Crippen LogP) is 3.65. The lowest BCUT2D eigenvalue weighted by Crippen LogP contribution is -2.17. The minimum Gasteiger partial charge on any atom is -0.478 e. The Bertz CT molecular complexity index is 732. The van der Waals surface area contributed by atoms with Crippen molar-refractivity contribution in [3.05, 3.63) is 57.3 Å². The minimum atomic E-state index is -1.24. The van der Waals surface area contributed by atoms with Crippen LogP contribution in [0.3, 0.4) is 0 Å². The Kier molecular flexibility index (Phi) is 4.45. The molecule has 0 saturated carbocycles. The Morgan fingerprint density at radius 1 is 1.29 bits per heavy atom. The van der Waals surface area contributed by atoms with Crippen LogP contribution < -0.4 is 5.32 Å². The van der Waals surface area contributed by atoms with Gasteiger partial charge in [0.2, 0.25) is 0 Å². The van der Waals surface area contributed by atoms with Gasteiger partial charge in [-0.2, -0.15) is 0 Å². The number of carbonyl (C=O) groups is 2. The Morgan fingerprint density at radius 3 is 2.62 bits per heavy atom. The quantitative estimate of drug-likeness (QED) is 0.903. The number of anilines is 1. The van der Waals surface area contributed by atoms with Crippen LogP contribution >= 0.6 is 23.2 Å². The number of aromatic nitrogens is 1. The van der Waals surface area contributed by atoms with Crippen LogP contribution in [0.15, 0.2) is 30.5 Å². The maximum atomic E-state index is 12.2. The van der Waals surface area contributed by atoms with Crippen LogP contribution in [0.1, 0.15) is 26.4 Å². The molecule has 0 aliphatic carbocycles. The number of carbonyl (C=O) groups excluding carboxylic acids is 1. The van der Waals surface area contributed by atoms with Crippen molar-refractivity contribution in [3.63, 3.8) is 0 Å². The van der Waals surface area contributed by atoms with E-state index in [0.29, 0.717) is 5.56 Å². The zero-order valence-corrected chi connectivity index (χ0v) is 12.4. The van der Waals surface area contributed by atoms with Crippen molar-refractivity contribution in [3.8, 4) is 0 Å². The smallest absolute Gasteiger partial charge is 0.337 e. The summed E-state index contributed by atoms with van der Waals surface area (Å²) in [6.07, 6.45) is 1.48. The number of pyridine rings is 1. The van der Waals surface area contributed by atoms with Crippen molar-refractivity contribution in [2.45, 2.75) is 6.92 Å². The number of hydrogen-bond donors (Lipinski definition) is 2. The molecule has 0 unspecified atom stereocenters. The van der Waals surface area contributed by atoms with Crippen LogP contribution in [0.5, 0.6) is 0 Å². The van der Waals surface area contributed by atoms with Gasteiger partial charge in [-0.15, -0.1) is 0 Å². The largest absolute Gasteiger partial charge is 0.478 e. The highest BCUT2D eigenvalue weighted by molar-refractivity contribution is 6.38. The summed E-state index contributed by atoms with van der Waals surface area (Å²) in [5, 5.41) is 11.9. The Morgan fingerprint density at radius 2 is 2.00 bits per heavy atom. The molecule has 0 spiro atoms. The molecule has 0 aliphatic rings. The molecule has 0 saturated heterocycles. The number of rotatable bonds is 3. The lowest BCUT2D eigenvalue weighted by molar-refractivity contribution is 0.0698. The van der Waals surface area contributed by atoms with E-state index < -0.39 is 11.9 Å². The van der Waals surface area contributed by atoms with Crippen molar-refractivity contribution >= 4 is 40.8 Å². The van der Waals surface area contributed by atoms with Gasteiger partial charge in [-0.3, -0.25) is 9.78 Å². The second-order valence-corrected chi connectivity index (χ2v) is 5.08. The molecule has 1 heterocycles. The number of halogens is 2. The summed E-state index contributed by atoms with van der Waals surface area (Å²) in [7, 11) is 0. The lowest BCUT2D eigenvalue weighted by Gasteiger charge is -2.11. The molecule has 0 radical (unpaired) electrons. The molecule has 108 valence electrons. The molecular weight excluding hydrogens is 315 g/mol. The first-order valence-corrected chi connectivity index (χ1v) is 6.61. The zero-order valence-electron chi connectivity index (χ0n) is 10.9. The third-order valence-electron chi connectivity index (χ3n) is 2.75. The van der Waals surface area contributed by atoms with Gasteiger partial charge in [-0.1, -0.05) is 29.3 Å². The first-order valence-electron chi connectivity index (χ1n) is 5.85. The summed E-state index contributed by atoms with van der Waals surface area (Å²) in [6, 6.07) is 6.00. The van der Waals surface area contributed by atoms with E-state index in [1.54, 1.807) is 19.1 Å². The lowest BCUT2D eigenvalue weighted by atomic mass is 10.1. The SMILES string of the molecule is Cc1cccnc1C(=O)Nc1c(Cl)cc(Cl)cc1C(=O)O. The third kappa shape index (κ3) is 3.32. The highest BCUT2D eigenvalue weighted by atomic mass is 35.5. The molecule has 2 rings (SSSR count). The molecule has 5 nitrogen and oxygen atoms in total. The summed E-state index contributed by atoms with van der Waals surface area (Å²) < 4.78 is 0. The fourth-order valence-electron chi connectivity index (χ4n) is 1.77. The second kappa shape index (κ2) is 6.11. The van der Waals surface area contributed by atoms with Crippen LogP contribution in [0.4, 0.5) is 5.69 Å². The van der Waals surface area contributed by atoms with Gasteiger partial charge in [0, 0.05) is 11.2 Å². The number of amides is 1. The minimum absolute atomic E-state index is 0.0105. The Hall–Kier alpha value is -2.11. The highest BCUT2D eigenvalue weighted by Crippen LogP contribution is 2.30. The summed E-state index contributed by atoms with van der Waals surface area (Å²) in [4.78, 5) is 27.4. The first-order chi connectivity index (χ1) is 9.90. The average molecular weight is 325 g/mol. The molecule has 0 fully saturated rings. The van der Waals surface area contributed by atoms with E-state index in [4.69, 9.17) is 28.3 Å². The average Bonchev–Trinajstić information content (AvgIpc) is 2.41. The maximum absolute atomic E-state index is 12.2. The Balaban J connectivity index is 2.42. The molecule has 2 N–H and O–H groups in total. The van der Waals surface area contributed by atoms with E-state index in [-0.39, 0.29) is 27.0 Å². The normalized spacial score (nSPS) is 10.2. The summed E-state index contributed by atoms with van der Waals surface area (Å²) in [5.74, 6) is -1.78. The molecular formula is C14H10Cl2N2O3. The number of nitrogens with one attached hydrogen (secondary N) is 1. The number of hydrogen-bond acceptors (Lipinski definition) is 3. The number of benzene rings is 1. The van der Waals surface area contributed by atoms with Gasteiger partial charge in [-0.05, 0) is 30.7 Å². The van der Waals surface area contributed by atoms with Gasteiger partial charge in [-0.25, -0.2) is 4.79 Å². The molecule has 0 aliphatic heterocycles. The van der Waals surface area contributed by atoms with E-state index in [0.717, 1.165) is 0 Å². The van der Waals surface area contributed by atoms with Crippen molar-refractivity contribution in [2.75, 3.05) is 5.32 Å². The highest BCUT2D eigenvalue weighted by Gasteiger charge is 2.19. The van der Waals surface area contributed by atoms with Gasteiger partial charge in [0.25, 0.3) is 5.91 Å². The summed E-state index contributed by atoms with van der Waals surface area (Å²) >= 11 is 11.7. The summed E-state index contributed by atoms with van der Waals surface area (Å²) in [5.41, 5.74) is 0.662. The van der Waals surface area contributed by atoms with Gasteiger partial charge in [0.15, 0.2) is 0 Å².